The molecule has 0 aromatic heterocycles. The largest absolute Gasteiger partial charge is 0.506 e. The van der Waals surface area contributed by atoms with E-state index in [1.165, 1.54) is 25.1 Å². The van der Waals surface area contributed by atoms with Gasteiger partial charge in [0.2, 0.25) is 0 Å². The first-order valence-corrected chi connectivity index (χ1v) is 7.97. The number of nitro groups is 1. The smallest absolute Gasteiger partial charge is 0.270 e. The fourth-order valence-corrected chi connectivity index (χ4v) is 2.79. The lowest BCUT2D eigenvalue weighted by Crippen LogP contribution is -2.08. The maximum atomic E-state index is 12.0. The third-order valence-electron chi connectivity index (χ3n) is 3.94. The summed E-state index contributed by atoms with van der Waals surface area (Å²) in [7, 11) is 0. The molecular weight excluding hydrogens is 336 g/mol. The van der Waals surface area contributed by atoms with Crippen molar-refractivity contribution in [2.45, 2.75) is 13.8 Å². The van der Waals surface area contributed by atoms with Crippen LogP contribution in [0.3, 0.4) is 0 Å². The summed E-state index contributed by atoms with van der Waals surface area (Å²) in [6, 6.07) is 11.0. The number of ether oxygens (including phenoxy) is 1. The lowest BCUT2D eigenvalue weighted by atomic mass is 10.0. The van der Waals surface area contributed by atoms with Crippen LogP contribution in [0.25, 0.3) is 5.76 Å². The maximum Gasteiger partial charge on any atom is 0.270 e. The Hall–Kier alpha value is -3.48. The number of aliphatic hydroxyl groups is 1. The molecule has 0 heterocycles. The topological polar surface area (TPSA) is 102 Å². The minimum atomic E-state index is -0.553. The molecule has 132 valence electrons. The molecule has 26 heavy (non-hydrogen) atoms. The first-order chi connectivity index (χ1) is 12.4. The van der Waals surface area contributed by atoms with E-state index in [9.17, 15) is 20.0 Å². The van der Waals surface area contributed by atoms with Crippen LogP contribution in [0.15, 0.2) is 53.0 Å². The highest BCUT2D eigenvalue weighted by atomic mass is 16.6. The Bertz CT molecular complexity index is 958. The van der Waals surface area contributed by atoms with Gasteiger partial charge in [-0.15, -0.1) is 0 Å². The molecule has 0 fully saturated rings. The van der Waals surface area contributed by atoms with E-state index in [0.29, 0.717) is 29.3 Å². The second kappa shape index (κ2) is 6.79. The van der Waals surface area contributed by atoms with Crippen molar-refractivity contribution in [3.8, 4) is 5.75 Å². The van der Waals surface area contributed by atoms with Crippen LogP contribution in [-0.4, -0.2) is 28.1 Å². The molecule has 1 N–H and O–H groups in total. The summed E-state index contributed by atoms with van der Waals surface area (Å²) in [6.45, 7) is 3.75. The van der Waals surface area contributed by atoms with Crippen molar-refractivity contribution in [1.82, 2.24) is 0 Å². The van der Waals surface area contributed by atoms with Gasteiger partial charge in [-0.2, -0.15) is 0 Å². The number of rotatable bonds is 5. The van der Waals surface area contributed by atoms with E-state index in [-0.39, 0.29) is 28.4 Å². The van der Waals surface area contributed by atoms with Gasteiger partial charge in [0, 0.05) is 23.3 Å². The molecule has 0 bridgehead atoms. The van der Waals surface area contributed by atoms with E-state index in [2.05, 4.69) is 4.99 Å². The van der Waals surface area contributed by atoms with Gasteiger partial charge in [-0.3, -0.25) is 14.9 Å². The van der Waals surface area contributed by atoms with E-state index in [0.717, 1.165) is 0 Å². The average Bonchev–Trinajstić information content (AvgIpc) is 2.88. The zero-order valence-electron chi connectivity index (χ0n) is 14.2. The number of nitrogens with zero attached hydrogens (tertiary/aromatic N) is 2. The molecule has 1 aliphatic carbocycles. The highest BCUT2D eigenvalue weighted by molar-refractivity contribution is 6.36. The number of carbonyl (C=O) groups excluding carboxylic acids is 1. The molecule has 0 spiro atoms. The van der Waals surface area contributed by atoms with Crippen molar-refractivity contribution >= 4 is 28.6 Å². The molecule has 1 aliphatic rings. The molecule has 7 heteroatoms. The number of benzene rings is 2. The van der Waals surface area contributed by atoms with E-state index in [1.54, 1.807) is 24.3 Å². The van der Waals surface area contributed by atoms with Crippen LogP contribution in [-0.2, 0) is 4.79 Å². The molecule has 0 saturated heterocycles. The number of hydrogen-bond acceptors (Lipinski definition) is 6. The predicted octanol–water partition coefficient (Wildman–Crippen LogP) is 3.99. The number of allylic oxidation sites excluding steroid dienone is 1. The van der Waals surface area contributed by atoms with Crippen LogP contribution in [0.2, 0.25) is 0 Å². The monoisotopic (exact) mass is 352 g/mol. The van der Waals surface area contributed by atoms with E-state index < -0.39 is 4.92 Å². The van der Waals surface area contributed by atoms with Gasteiger partial charge in [-0.1, -0.05) is 0 Å². The van der Waals surface area contributed by atoms with Crippen LogP contribution in [0.1, 0.15) is 25.0 Å². The summed E-state index contributed by atoms with van der Waals surface area (Å²) in [5, 5.41) is 21.4. The maximum absolute atomic E-state index is 12.0. The Morgan fingerprint density at radius 3 is 2.46 bits per heavy atom. The Morgan fingerprint density at radius 1 is 1.19 bits per heavy atom. The summed E-state index contributed by atoms with van der Waals surface area (Å²) >= 11 is 0. The number of ketones is 1. The number of carbonyl (C=O) groups is 1. The Kier molecular flexibility index (Phi) is 4.53. The number of non-ortho nitro benzene ring substituents is 1. The standard InChI is InChI=1S/C19H16N2O5/c1-3-26-14-7-4-12(5-8-14)20-18-15-9-6-13(21(24)25)10-16(15)19(23)17(18)11(2)22/h4-10,23H,3H2,1-2H3. The molecular formula is C19H16N2O5. The average molecular weight is 352 g/mol. The first kappa shape index (κ1) is 17.3. The summed E-state index contributed by atoms with van der Waals surface area (Å²) < 4.78 is 5.38. The molecule has 0 radical (unpaired) electrons. The van der Waals surface area contributed by atoms with E-state index >= 15 is 0 Å². The molecule has 0 saturated carbocycles. The molecule has 0 amide bonds. The molecule has 0 atom stereocenters. The van der Waals surface area contributed by atoms with Gasteiger partial charge in [0.25, 0.3) is 5.69 Å². The fourth-order valence-electron chi connectivity index (χ4n) is 2.79. The number of hydrogen-bond donors (Lipinski definition) is 1. The quantitative estimate of drug-likeness (QED) is 0.647. The second-order valence-electron chi connectivity index (χ2n) is 5.65. The zero-order valence-corrected chi connectivity index (χ0v) is 14.2. The SMILES string of the molecule is CCOc1ccc(N=C2C(C(C)=O)=C(O)c3cc([N+](=O)[O-])ccc32)cc1. The predicted molar refractivity (Wildman–Crippen MR) is 97.1 cm³/mol. The van der Waals surface area contributed by atoms with Gasteiger partial charge in [-0.25, -0.2) is 4.99 Å². The third kappa shape index (κ3) is 3.06. The van der Waals surface area contributed by atoms with E-state index in [4.69, 9.17) is 4.74 Å². The van der Waals surface area contributed by atoms with Crippen molar-refractivity contribution in [2.24, 2.45) is 4.99 Å². The van der Waals surface area contributed by atoms with Gasteiger partial charge in [0.15, 0.2) is 5.78 Å². The first-order valence-electron chi connectivity index (χ1n) is 7.97. The normalized spacial score (nSPS) is 14.5. The number of Topliss-reactive ketones (excluding diaryl/α,β-unsaturated/α-hetero) is 1. The molecule has 0 unspecified atom stereocenters. The van der Waals surface area contributed by atoms with Crippen molar-refractivity contribution in [3.63, 3.8) is 0 Å². The number of aliphatic imine (C=N–C) groups is 1. The summed E-state index contributed by atoms with van der Waals surface area (Å²) in [5.74, 6) is 0.0380. The van der Waals surface area contributed by atoms with Crippen LogP contribution in [0.5, 0.6) is 5.75 Å². The van der Waals surface area contributed by atoms with E-state index in [1.807, 2.05) is 6.92 Å². The van der Waals surface area contributed by atoms with Gasteiger partial charge in [0.05, 0.1) is 28.5 Å². The molecule has 0 aliphatic heterocycles. The molecule has 2 aromatic carbocycles. The third-order valence-corrected chi connectivity index (χ3v) is 3.94. The van der Waals surface area contributed by atoms with Crippen LogP contribution in [0, 0.1) is 10.1 Å². The Labute approximate surface area is 149 Å². The van der Waals surface area contributed by atoms with Crippen LogP contribution in [0.4, 0.5) is 11.4 Å². The Balaban J connectivity index is 2.11. The highest BCUT2D eigenvalue weighted by Gasteiger charge is 2.32. The molecule has 2 aromatic rings. The summed E-state index contributed by atoms with van der Waals surface area (Å²) in [5.41, 5.74) is 1.46. The zero-order chi connectivity index (χ0) is 18.8. The fraction of sp³-hybridized carbons (Fsp3) is 0.158. The lowest BCUT2D eigenvalue weighted by molar-refractivity contribution is -0.384. The van der Waals surface area contributed by atoms with Gasteiger partial charge in [-0.05, 0) is 44.2 Å². The lowest BCUT2D eigenvalue weighted by Gasteiger charge is -2.05. The number of aliphatic hydroxyl groups excluding tert-OH is 1. The van der Waals surface area contributed by atoms with Crippen LogP contribution >= 0.6 is 0 Å². The van der Waals surface area contributed by atoms with Gasteiger partial charge >= 0.3 is 0 Å². The van der Waals surface area contributed by atoms with Crippen molar-refractivity contribution in [3.05, 3.63) is 69.3 Å². The number of fused-ring (bicyclic) bond motifs is 1. The molecule has 3 rings (SSSR count). The highest BCUT2D eigenvalue weighted by Crippen LogP contribution is 2.36. The second-order valence-corrected chi connectivity index (χ2v) is 5.65. The van der Waals surface area contributed by atoms with Gasteiger partial charge in [0.1, 0.15) is 11.5 Å². The number of nitro benzene ring substituents is 1. The summed E-state index contributed by atoms with van der Waals surface area (Å²) in [6.07, 6.45) is 0. The summed E-state index contributed by atoms with van der Waals surface area (Å²) in [4.78, 5) is 26.9. The minimum Gasteiger partial charge on any atom is -0.506 e. The minimum absolute atomic E-state index is 0.0504. The van der Waals surface area contributed by atoms with Crippen LogP contribution < -0.4 is 4.74 Å². The molecule has 7 nitrogen and oxygen atoms in total. The Morgan fingerprint density at radius 2 is 1.88 bits per heavy atom. The van der Waals surface area contributed by atoms with Crippen molar-refractivity contribution in [2.75, 3.05) is 6.61 Å². The van der Waals surface area contributed by atoms with Crippen molar-refractivity contribution < 1.29 is 19.6 Å². The van der Waals surface area contributed by atoms with Gasteiger partial charge < -0.3 is 9.84 Å². The van der Waals surface area contributed by atoms with Crippen molar-refractivity contribution in [1.29, 1.82) is 0 Å².